The van der Waals surface area contributed by atoms with E-state index in [0.29, 0.717) is 0 Å². The molecule has 0 aromatic carbocycles. The van der Waals surface area contributed by atoms with E-state index in [0.717, 1.165) is 18.0 Å². The minimum absolute atomic E-state index is 0.734. The van der Waals surface area contributed by atoms with Crippen LogP contribution in [-0.2, 0) is 0 Å². The SMILES string of the molecule is CC(C)C1NCCCN2CCCCC12. The summed E-state index contributed by atoms with van der Waals surface area (Å²) in [6.45, 7) is 8.60. The van der Waals surface area contributed by atoms with Crippen molar-refractivity contribution in [1.29, 1.82) is 0 Å². The normalized spacial score (nSPS) is 35.4. The molecule has 0 radical (unpaired) electrons. The number of hydrogen-bond donors (Lipinski definition) is 1. The summed E-state index contributed by atoms with van der Waals surface area (Å²) in [5, 5.41) is 3.74. The molecule has 82 valence electrons. The van der Waals surface area contributed by atoms with Crippen molar-refractivity contribution in [1.82, 2.24) is 10.2 Å². The Labute approximate surface area is 88.1 Å². The molecule has 0 aromatic rings. The van der Waals surface area contributed by atoms with Crippen molar-refractivity contribution >= 4 is 0 Å². The lowest BCUT2D eigenvalue weighted by molar-refractivity contribution is 0.115. The molecule has 0 amide bonds. The highest BCUT2D eigenvalue weighted by molar-refractivity contribution is 4.91. The molecule has 1 N–H and O–H groups in total. The van der Waals surface area contributed by atoms with E-state index in [9.17, 15) is 0 Å². The largest absolute Gasteiger partial charge is 0.312 e. The molecule has 2 rings (SSSR count). The maximum Gasteiger partial charge on any atom is 0.0251 e. The van der Waals surface area contributed by atoms with Gasteiger partial charge in [0.05, 0.1) is 0 Å². The zero-order valence-corrected chi connectivity index (χ0v) is 9.63. The number of rotatable bonds is 1. The second kappa shape index (κ2) is 4.63. The summed E-state index contributed by atoms with van der Waals surface area (Å²) in [6.07, 6.45) is 5.60. The van der Waals surface area contributed by atoms with Crippen LogP contribution in [0.15, 0.2) is 0 Å². The van der Waals surface area contributed by atoms with Crippen molar-refractivity contribution in [2.45, 2.75) is 51.6 Å². The minimum atomic E-state index is 0.734. The van der Waals surface area contributed by atoms with E-state index in [1.54, 1.807) is 0 Å². The van der Waals surface area contributed by atoms with Crippen molar-refractivity contribution in [3.63, 3.8) is 0 Å². The summed E-state index contributed by atoms with van der Waals surface area (Å²) in [7, 11) is 0. The summed E-state index contributed by atoms with van der Waals surface area (Å²) in [5.41, 5.74) is 0. The Morgan fingerprint density at radius 2 is 1.93 bits per heavy atom. The van der Waals surface area contributed by atoms with Crippen LogP contribution in [-0.4, -0.2) is 36.6 Å². The molecule has 2 heteroatoms. The topological polar surface area (TPSA) is 15.3 Å². The fraction of sp³-hybridized carbons (Fsp3) is 1.00. The molecule has 2 fully saturated rings. The zero-order valence-electron chi connectivity index (χ0n) is 9.63. The van der Waals surface area contributed by atoms with E-state index in [1.165, 1.54) is 45.3 Å². The molecular weight excluding hydrogens is 172 g/mol. The molecule has 2 aliphatic heterocycles. The third-order valence-electron chi connectivity index (χ3n) is 3.80. The van der Waals surface area contributed by atoms with Gasteiger partial charge in [0.15, 0.2) is 0 Å². The van der Waals surface area contributed by atoms with E-state index in [1.807, 2.05) is 0 Å². The van der Waals surface area contributed by atoms with Crippen LogP contribution < -0.4 is 5.32 Å². The highest BCUT2D eigenvalue weighted by Gasteiger charge is 2.32. The van der Waals surface area contributed by atoms with Gasteiger partial charge in [-0.05, 0) is 44.8 Å². The molecule has 0 saturated carbocycles. The van der Waals surface area contributed by atoms with Crippen molar-refractivity contribution in [2.24, 2.45) is 5.92 Å². The quantitative estimate of drug-likeness (QED) is 0.688. The van der Waals surface area contributed by atoms with Crippen LogP contribution in [0.1, 0.15) is 39.5 Å². The molecule has 2 saturated heterocycles. The van der Waals surface area contributed by atoms with Crippen molar-refractivity contribution in [3.05, 3.63) is 0 Å². The van der Waals surface area contributed by atoms with Crippen LogP contribution >= 0.6 is 0 Å². The van der Waals surface area contributed by atoms with Crippen LogP contribution in [0.3, 0.4) is 0 Å². The first kappa shape index (κ1) is 10.4. The van der Waals surface area contributed by atoms with Crippen LogP contribution in [0.25, 0.3) is 0 Å². The second-order valence-electron chi connectivity index (χ2n) is 5.18. The van der Waals surface area contributed by atoms with Crippen LogP contribution in [0.5, 0.6) is 0 Å². The Balaban J connectivity index is 2.06. The molecule has 0 spiro atoms. The third-order valence-corrected chi connectivity index (χ3v) is 3.80. The Morgan fingerprint density at radius 1 is 1.14 bits per heavy atom. The molecule has 2 unspecified atom stereocenters. The van der Waals surface area contributed by atoms with Gasteiger partial charge in [-0.1, -0.05) is 20.3 Å². The zero-order chi connectivity index (χ0) is 9.97. The molecule has 2 atom stereocenters. The van der Waals surface area contributed by atoms with Crippen LogP contribution in [0.2, 0.25) is 0 Å². The first-order valence-electron chi connectivity index (χ1n) is 6.26. The lowest BCUT2D eigenvalue weighted by Crippen LogP contribution is -2.52. The fourth-order valence-electron chi connectivity index (χ4n) is 3.07. The average Bonchev–Trinajstić information content (AvgIpc) is 2.39. The van der Waals surface area contributed by atoms with Gasteiger partial charge in [-0.25, -0.2) is 0 Å². The average molecular weight is 196 g/mol. The third kappa shape index (κ3) is 2.12. The lowest BCUT2D eigenvalue weighted by Gasteiger charge is -2.40. The number of piperidine rings is 1. The van der Waals surface area contributed by atoms with Gasteiger partial charge in [-0.15, -0.1) is 0 Å². The van der Waals surface area contributed by atoms with Gasteiger partial charge in [0.1, 0.15) is 0 Å². The van der Waals surface area contributed by atoms with Crippen molar-refractivity contribution in [2.75, 3.05) is 19.6 Å². The monoisotopic (exact) mass is 196 g/mol. The van der Waals surface area contributed by atoms with Gasteiger partial charge in [0.25, 0.3) is 0 Å². The predicted molar refractivity (Wildman–Crippen MR) is 60.5 cm³/mol. The molecular formula is C12H24N2. The molecule has 14 heavy (non-hydrogen) atoms. The molecule has 0 aliphatic carbocycles. The van der Waals surface area contributed by atoms with Gasteiger partial charge in [0.2, 0.25) is 0 Å². The predicted octanol–water partition coefficient (Wildman–Crippen LogP) is 1.86. The Morgan fingerprint density at radius 3 is 2.71 bits per heavy atom. The van der Waals surface area contributed by atoms with Gasteiger partial charge < -0.3 is 5.32 Å². The summed E-state index contributed by atoms with van der Waals surface area (Å²) in [5.74, 6) is 0.777. The maximum absolute atomic E-state index is 3.74. The lowest BCUT2D eigenvalue weighted by atomic mass is 9.89. The minimum Gasteiger partial charge on any atom is -0.312 e. The van der Waals surface area contributed by atoms with Gasteiger partial charge in [-0.3, -0.25) is 4.90 Å². The Hall–Kier alpha value is -0.0800. The highest BCUT2D eigenvalue weighted by atomic mass is 15.2. The van der Waals surface area contributed by atoms with Gasteiger partial charge >= 0.3 is 0 Å². The van der Waals surface area contributed by atoms with E-state index in [2.05, 4.69) is 24.1 Å². The molecule has 0 aromatic heterocycles. The Kier molecular flexibility index (Phi) is 3.45. The highest BCUT2D eigenvalue weighted by Crippen LogP contribution is 2.25. The van der Waals surface area contributed by atoms with Gasteiger partial charge in [-0.2, -0.15) is 0 Å². The number of nitrogens with one attached hydrogen (secondary N) is 1. The standard InChI is InChI=1S/C12H24N2/c1-10(2)12-11-6-3-4-8-14(11)9-5-7-13-12/h10-13H,3-9H2,1-2H3. The van der Waals surface area contributed by atoms with Gasteiger partial charge in [0, 0.05) is 12.1 Å². The first-order valence-corrected chi connectivity index (χ1v) is 6.26. The smallest absolute Gasteiger partial charge is 0.0251 e. The summed E-state index contributed by atoms with van der Waals surface area (Å²) in [4.78, 5) is 2.73. The fourth-order valence-corrected chi connectivity index (χ4v) is 3.07. The van der Waals surface area contributed by atoms with E-state index in [-0.39, 0.29) is 0 Å². The van der Waals surface area contributed by atoms with Crippen molar-refractivity contribution in [3.8, 4) is 0 Å². The Bertz CT molecular complexity index is 179. The van der Waals surface area contributed by atoms with E-state index in [4.69, 9.17) is 0 Å². The number of hydrogen-bond acceptors (Lipinski definition) is 2. The molecule has 0 bridgehead atoms. The molecule has 2 heterocycles. The summed E-state index contributed by atoms with van der Waals surface area (Å²) < 4.78 is 0. The molecule has 2 nitrogen and oxygen atoms in total. The number of nitrogens with zero attached hydrogens (tertiary/aromatic N) is 1. The van der Waals surface area contributed by atoms with E-state index >= 15 is 0 Å². The van der Waals surface area contributed by atoms with Crippen molar-refractivity contribution < 1.29 is 0 Å². The van der Waals surface area contributed by atoms with Crippen LogP contribution in [0, 0.1) is 5.92 Å². The maximum atomic E-state index is 3.74. The molecule has 2 aliphatic rings. The first-order chi connectivity index (χ1) is 6.79. The summed E-state index contributed by atoms with van der Waals surface area (Å²) in [6, 6.07) is 1.56. The second-order valence-corrected chi connectivity index (χ2v) is 5.18. The summed E-state index contributed by atoms with van der Waals surface area (Å²) >= 11 is 0. The van der Waals surface area contributed by atoms with E-state index < -0.39 is 0 Å². The van der Waals surface area contributed by atoms with Crippen LogP contribution in [0.4, 0.5) is 0 Å². The number of fused-ring (bicyclic) bond motifs is 1.